The zero-order chi connectivity index (χ0) is 28.5. The molecule has 0 radical (unpaired) electrons. The van der Waals surface area contributed by atoms with Crippen LogP contribution in [0, 0.1) is 5.92 Å². The molecular formula is C27H37Cl2N3O5S. The Labute approximate surface area is 236 Å². The summed E-state index contributed by atoms with van der Waals surface area (Å²) in [6.07, 6.45) is 1.76. The Balaban J connectivity index is 2.25. The quantitative estimate of drug-likeness (QED) is 0.331. The fourth-order valence-corrected chi connectivity index (χ4v) is 5.33. The molecule has 11 heteroatoms. The van der Waals surface area contributed by atoms with E-state index in [0.717, 1.165) is 16.1 Å². The van der Waals surface area contributed by atoms with Gasteiger partial charge in [0.25, 0.3) is 0 Å². The van der Waals surface area contributed by atoms with Gasteiger partial charge in [-0.05, 0) is 54.7 Å². The Bertz CT molecular complexity index is 1190. The van der Waals surface area contributed by atoms with Gasteiger partial charge < -0.3 is 15.0 Å². The number of hydrogen-bond acceptors (Lipinski definition) is 5. The molecule has 2 aromatic rings. The zero-order valence-electron chi connectivity index (χ0n) is 22.5. The van der Waals surface area contributed by atoms with Crippen molar-refractivity contribution in [1.82, 2.24) is 10.2 Å². The Hall–Kier alpha value is -2.49. The first kappa shape index (κ1) is 31.7. The van der Waals surface area contributed by atoms with Crippen LogP contribution in [0.4, 0.5) is 5.69 Å². The number of hydrogen-bond donors (Lipinski definition) is 1. The summed E-state index contributed by atoms with van der Waals surface area (Å²) in [5, 5.41) is 3.51. The molecule has 0 aliphatic carbocycles. The fourth-order valence-electron chi connectivity index (χ4n) is 3.93. The molecule has 0 saturated carbocycles. The first-order chi connectivity index (χ1) is 17.9. The van der Waals surface area contributed by atoms with E-state index in [2.05, 4.69) is 5.32 Å². The van der Waals surface area contributed by atoms with Gasteiger partial charge in [0, 0.05) is 31.1 Å². The predicted molar refractivity (Wildman–Crippen MR) is 153 cm³/mol. The number of ether oxygens (including phenoxy) is 1. The maximum atomic E-state index is 13.5. The second-order valence-corrected chi connectivity index (χ2v) is 12.2. The Morgan fingerprint density at radius 3 is 2.29 bits per heavy atom. The van der Waals surface area contributed by atoms with Gasteiger partial charge in [0.2, 0.25) is 21.8 Å². The smallest absolute Gasteiger partial charge is 0.242 e. The van der Waals surface area contributed by atoms with Crippen LogP contribution in [0.5, 0.6) is 5.75 Å². The molecule has 1 unspecified atom stereocenters. The molecule has 0 aliphatic rings. The standard InChI is InChI=1S/C27H37Cl2N3O5S/c1-6-24(27(34)30-17-19(2)3)31(18-20-9-12-22(37-4)13-10-20)26(33)8-7-15-32(38(5,35)36)25-16-21(28)11-14-23(25)29/h9-14,16,19,24H,6-8,15,17-18H2,1-5H3,(H,30,34). The number of nitrogens with zero attached hydrogens (tertiary/aromatic N) is 2. The molecule has 0 heterocycles. The first-order valence-corrected chi connectivity index (χ1v) is 15.1. The summed E-state index contributed by atoms with van der Waals surface area (Å²) in [5.74, 6) is 0.487. The molecular weight excluding hydrogens is 549 g/mol. The second kappa shape index (κ2) is 14.6. The lowest BCUT2D eigenvalue weighted by molar-refractivity contribution is -0.141. The molecule has 8 nitrogen and oxygen atoms in total. The molecule has 2 aromatic carbocycles. The van der Waals surface area contributed by atoms with Crippen molar-refractivity contribution in [3.05, 3.63) is 58.1 Å². The highest BCUT2D eigenvalue weighted by Gasteiger charge is 2.29. The number of rotatable bonds is 14. The lowest BCUT2D eigenvalue weighted by Crippen LogP contribution is -2.49. The fraction of sp³-hybridized carbons (Fsp3) is 0.481. The third kappa shape index (κ3) is 9.36. The largest absolute Gasteiger partial charge is 0.497 e. The minimum atomic E-state index is -3.69. The zero-order valence-corrected chi connectivity index (χ0v) is 24.9. The van der Waals surface area contributed by atoms with Crippen LogP contribution in [0.3, 0.4) is 0 Å². The molecule has 0 saturated heterocycles. The summed E-state index contributed by atoms with van der Waals surface area (Å²) >= 11 is 12.3. The first-order valence-electron chi connectivity index (χ1n) is 12.5. The number of sulfonamides is 1. The van der Waals surface area contributed by atoms with Crippen LogP contribution in [0.1, 0.15) is 45.6 Å². The van der Waals surface area contributed by atoms with Gasteiger partial charge in [-0.25, -0.2) is 8.42 Å². The van der Waals surface area contributed by atoms with Crippen molar-refractivity contribution in [1.29, 1.82) is 0 Å². The summed E-state index contributed by atoms with van der Waals surface area (Å²) in [4.78, 5) is 28.1. The van der Waals surface area contributed by atoms with E-state index in [1.165, 1.54) is 12.1 Å². The third-order valence-corrected chi connectivity index (χ3v) is 7.65. The lowest BCUT2D eigenvalue weighted by atomic mass is 10.1. The molecule has 210 valence electrons. The van der Waals surface area contributed by atoms with Gasteiger partial charge in [0.15, 0.2) is 0 Å². The topological polar surface area (TPSA) is 96.0 Å². The molecule has 1 N–H and O–H groups in total. The summed E-state index contributed by atoms with van der Waals surface area (Å²) in [7, 11) is -2.11. The molecule has 1 atom stereocenters. The maximum absolute atomic E-state index is 13.5. The number of methoxy groups -OCH3 is 1. The van der Waals surface area contributed by atoms with Gasteiger partial charge in [-0.3, -0.25) is 13.9 Å². The van der Waals surface area contributed by atoms with E-state index in [0.29, 0.717) is 23.7 Å². The summed E-state index contributed by atoms with van der Waals surface area (Å²) in [6, 6.07) is 11.2. The van der Waals surface area contributed by atoms with Crippen molar-refractivity contribution in [2.24, 2.45) is 5.92 Å². The summed E-state index contributed by atoms with van der Waals surface area (Å²) < 4.78 is 31.4. The van der Waals surface area contributed by atoms with Crippen molar-refractivity contribution in [3.63, 3.8) is 0 Å². The van der Waals surface area contributed by atoms with Gasteiger partial charge >= 0.3 is 0 Å². The van der Waals surface area contributed by atoms with Crippen molar-refractivity contribution >= 4 is 50.7 Å². The van der Waals surface area contributed by atoms with Crippen LogP contribution < -0.4 is 14.4 Å². The van der Waals surface area contributed by atoms with Gasteiger partial charge in [-0.2, -0.15) is 0 Å². The van der Waals surface area contributed by atoms with E-state index in [-0.39, 0.29) is 54.4 Å². The van der Waals surface area contributed by atoms with Crippen LogP contribution in [0.15, 0.2) is 42.5 Å². The number of anilines is 1. The van der Waals surface area contributed by atoms with Crippen LogP contribution in [0.25, 0.3) is 0 Å². The number of nitrogens with one attached hydrogen (secondary N) is 1. The monoisotopic (exact) mass is 585 g/mol. The molecule has 0 fully saturated rings. The Morgan fingerprint density at radius 2 is 1.74 bits per heavy atom. The van der Waals surface area contributed by atoms with E-state index in [9.17, 15) is 18.0 Å². The third-order valence-electron chi connectivity index (χ3n) is 5.91. The van der Waals surface area contributed by atoms with Crippen LogP contribution in [-0.2, 0) is 26.2 Å². The molecule has 0 aliphatic heterocycles. The van der Waals surface area contributed by atoms with E-state index in [1.807, 2.05) is 32.9 Å². The van der Waals surface area contributed by atoms with Gasteiger partial charge in [-0.15, -0.1) is 0 Å². The number of carbonyl (C=O) groups is 2. The van der Waals surface area contributed by atoms with Crippen LogP contribution in [0.2, 0.25) is 10.0 Å². The molecule has 2 amide bonds. The molecule has 0 aromatic heterocycles. The summed E-state index contributed by atoms with van der Waals surface area (Å²) in [6.45, 7) is 6.62. The molecule has 38 heavy (non-hydrogen) atoms. The Kier molecular flexibility index (Phi) is 12.2. The average Bonchev–Trinajstić information content (AvgIpc) is 2.86. The molecule has 2 rings (SSSR count). The van der Waals surface area contributed by atoms with E-state index in [1.54, 1.807) is 30.2 Å². The summed E-state index contributed by atoms with van der Waals surface area (Å²) in [5.41, 5.74) is 1.10. The van der Waals surface area contributed by atoms with Crippen molar-refractivity contribution in [2.45, 2.75) is 52.6 Å². The van der Waals surface area contributed by atoms with Crippen molar-refractivity contribution in [2.75, 3.05) is 30.8 Å². The van der Waals surface area contributed by atoms with Gasteiger partial charge in [0.05, 0.1) is 24.1 Å². The highest BCUT2D eigenvalue weighted by molar-refractivity contribution is 7.92. The number of amides is 2. The molecule has 0 bridgehead atoms. The Morgan fingerprint density at radius 1 is 1.08 bits per heavy atom. The number of benzene rings is 2. The van der Waals surface area contributed by atoms with Crippen molar-refractivity contribution < 1.29 is 22.7 Å². The highest BCUT2D eigenvalue weighted by atomic mass is 35.5. The van der Waals surface area contributed by atoms with Gasteiger partial charge in [-0.1, -0.05) is 56.1 Å². The normalized spacial score (nSPS) is 12.2. The van der Waals surface area contributed by atoms with E-state index < -0.39 is 16.1 Å². The minimum absolute atomic E-state index is 0.0251. The van der Waals surface area contributed by atoms with Gasteiger partial charge in [0.1, 0.15) is 11.8 Å². The number of carbonyl (C=O) groups excluding carboxylic acids is 2. The van der Waals surface area contributed by atoms with Crippen molar-refractivity contribution in [3.8, 4) is 5.75 Å². The van der Waals surface area contributed by atoms with Crippen LogP contribution in [-0.4, -0.2) is 57.6 Å². The van der Waals surface area contributed by atoms with Crippen LogP contribution >= 0.6 is 23.2 Å². The maximum Gasteiger partial charge on any atom is 0.242 e. The SMILES string of the molecule is CCC(C(=O)NCC(C)C)N(Cc1ccc(OC)cc1)C(=O)CCCN(c1cc(Cl)ccc1Cl)S(C)(=O)=O. The predicted octanol–water partition coefficient (Wildman–Crippen LogP) is 5.13. The molecule has 0 spiro atoms. The van der Waals surface area contributed by atoms with E-state index in [4.69, 9.17) is 27.9 Å². The highest BCUT2D eigenvalue weighted by Crippen LogP contribution is 2.31. The minimum Gasteiger partial charge on any atom is -0.497 e. The van der Waals surface area contributed by atoms with E-state index >= 15 is 0 Å². The number of halogens is 2. The average molecular weight is 587 g/mol. The second-order valence-electron chi connectivity index (χ2n) is 9.47. The lowest BCUT2D eigenvalue weighted by Gasteiger charge is -2.31.